The Morgan fingerprint density at radius 2 is 2.06 bits per heavy atom. The highest BCUT2D eigenvalue weighted by Crippen LogP contribution is 2.14. The van der Waals surface area contributed by atoms with E-state index in [0.717, 1.165) is 6.07 Å². The van der Waals surface area contributed by atoms with Crippen molar-refractivity contribution in [3.8, 4) is 0 Å². The lowest BCUT2D eigenvalue weighted by molar-refractivity contribution is 0.0879. The summed E-state index contributed by atoms with van der Waals surface area (Å²) in [7, 11) is 0. The van der Waals surface area contributed by atoms with Crippen molar-refractivity contribution in [2.45, 2.75) is 10.9 Å². The maximum atomic E-state index is 12.9. The number of hydrogen-bond donors (Lipinski definition) is 4. The Morgan fingerprint density at radius 1 is 1.44 bits per heavy atom. The molecule has 1 amide bonds. The van der Waals surface area contributed by atoms with Crippen LogP contribution in [0.5, 0.6) is 0 Å². The largest absolute Gasteiger partial charge is 0.394 e. The molecule has 0 saturated heterocycles. The Balaban J connectivity index is 2.76. The number of rotatable bonds is 4. The van der Waals surface area contributed by atoms with Gasteiger partial charge in [0.25, 0.3) is 5.91 Å². The van der Waals surface area contributed by atoms with Gasteiger partial charge in [0.1, 0.15) is 5.82 Å². The van der Waals surface area contributed by atoms with Gasteiger partial charge in [0.2, 0.25) is 0 Å². The van der Waals surface area contributed by atoms with Gasteiger partial charge in [-0.05, 0) is 18.2 Å². The first-order chi connectivity index (χ1) is 7.58. The summed E-state index contributed by atoms with van der Waals surface area (Å²) in [5.41, 5.74) is 0.221. The molecule has 0 fully saturated rings. The highest BCUT2D eigenvalue weighted by Gasteiger charge is 2.12. The Bertz CT molecular complexity index is 382. The predicted molar refractivity (Wildman–Crippen MR) is 59.1 cm³/mol. The maximum absolute atomic E-state index is 12.9. The van der Waals surface area contributed by atoms with E-state index in [2.05, 4.69) is 17.9 Å². The molecule has 0 aromatic heterocycles. The number of aliphatic hydroxyl groups excluding tert-OH is 2. The molecule has 0 unspecified atom stereocenters. The van der Waals surface area contributed by atoms with Gasteiger partial charge in [0, 0.05) is 10.5 Å². The zero-order chi connectivity index (χ0) is 12.1. The fourth-order valence-electron chi connectivity index (χ4n) is 1.07. The number of amides is 1. The molecule has 1 aromatic rings. The van der Waals surface area contributed by atoms with Gasteiger partial charge in [-0.25, -0.2) is 4.39 Å². The molecule has 0 aliphatic rings. The molecule has 4 nitrogen and oxygen atoms in total. The smallest absolute Gasteiger partial charge is 0.251 e. The summed E-state index contributed by atoms with van der Waals surface area (Å²) in [5, 5.41) is 19.9. The molecular weight excluding hydrogens is 233 g/mol. The molecule has 16 heavy (non-hydrogen) atoms. The zero-order valence-electron chi connectivity index (χ0n) is 8.35. The Kier molecular flexibility index (Phi) is 4.72. The molecule has 3 N–H and O–H groups in total. The summed E-state index contributed by atoms with van der Waals surface area (Å²) in [4.78, 5) is 11.6. The summed E-state index contributed by atoms with van der Waals surface area (Å²) in [6, 6.07) is 2.99. The van der Waals surface area contributed by atoms with Crippen molar-refractivity contribution in [3.63, 3.8) is 0 Å². The molecule has 0 bridgehead atoms. The third-order valence-corrected chi connectivity index (χ3v) is 2.33. The minimum atomic E-state index is -0.721. The van der Waals surface area contributed by atoms with Crippen molar-refractivity contribution in [2.24, 2.45) is 0 Å². The average Bonchev–Trinajstić information content (AvgIpc) is 2.29. The van der Waals surface area contributed by atoms with Crippen molar-refractivity contribution in [3.05, 3.63) is 29.6 Å². The fourth-order valence-corrected chi connectivity index (χ4v) is 1.29. The van der Waals surface area contributed by atoms with Crippen LogP contribution in [0.1, 0.15) is 10.4 Å². The van der Waals surface area contributed by atoms with E-state index in [1.807, 2.05) is 0 Å². The van der Waals surface area contributed by atoms with Gasteiger partial charge in [-0.2, -0.15) is 0 Å². The van der Waals surface area contributed by atoms with E-state index in [9.17, 15) is 9.18 Å². The van der Waals surface area contributed by atoms with Gasteiger partial charge in [-0.3, -0.25) is 4.79 Å². The van der Waals surface area contributed by atoms with Crippen LogP contribution in [0.25, 0.3) is 0 Å². The van der Waals surface area contributed by atoms with Crippen LogP contribution >= 0.6 is 12.6 Å². The molecule has 0 radical (unpaired) electrons. The van der Waals surface area contributed by atoms with E-state index in [-0.39, 0.29) is 23.7 Å². The van der Waals surface area contributed by atoms with Crippen LogP contribution in [0.4, 0.5) is 4.39 Å². The fraction of sp³-hybridized carbons (Fsp3) is 0.300. The molecule has 1 rings (SSSR count). The average molecular weight is 245 g/mol. The molecule has 88 valence electrons. The minimum Gasteiger partial charge on any atom is -0.394 e. The second kappa shape index (κ2) is 5.83. The zero-order valence-corrected chi connectivity index (χ0v) is 9.25. The van der Waals surface area contributed by atoms with E-state index in [1.54, 1.807) is 0 Å². The molecule has 0 saturated carbocycles. The normalized spacial score (nSPS) is 10.6. The quantitative estimate of drug-likeness (QED) is 0.573. The van der Waals surface area contributed by atoms with Crippen LogP contribution in [-0.4, -0.2) is 35.4 Å². The monoisotopic (exact) mass is 245 g/mol. The molecule has 0 aliphatic heterocycles. The molecule has 0 heterocycles. The van der Waals surface area contributed by atoms with Crippen LogP contribution in [0.3, 0.4) is 0 Å². The number of aliphatic hydroxyl groups is 2. The van der Waals surface area contributed by atoms with Crippen molar-refractivity contribution >= 4 is 18.5 Å². The third kappa shape index (κ3) is 3.19. The third-order valence-electron chi connectivity index (χ3n) is 1.98. The SMILES string of the molecule is O=C(NC(CO)CO)c1ccc(F)c(S)c1. The summed E-state index contributed by atoms with van der Waals surface area (Å²) >= 11 is 3.84. The second-order valence-electron chi connectivity index (χ2n) is 3.20. The number of hydrogen-bond acceptors (Lipinski definition) is 4. The molecular formula is C10H12FNO3S. The van der Waals surface area contributed by atoms with Gasteiger partial charge in [-0.15, -0.1) is 12.6 Å². The van der Waals surface area contributed by atoms with Gasteiger partial charge in [-0.1, -0.05) is 0 Å². The van der Waals surface area contributed by atoms with E-state index in [0.29, 0.717) is 0 Å². The lowest BCUT2D eigenvalue weighted by Crippen LogP contribution is -2.40. The van der Waals surface area contributed by atoms with E-state index in [1.165, 1.54) is 12.1 Å². The first kappa shape index (κ1) is 13.0. The van der Waals surface area contributed by atoms with E-state index in [4.69, 9.17) is 10.2 Å². The van der Waals surface area contributed by atoms with Crippen molar-refractivity contribution < 1.29 is 19.4 Å². The van der Waals surface area contributed by atoms with Crippen LogP contribution in [0, 0.1) is 5.82 Å². The Hall–Kier alpha value is -1.11. The second-order valence-corrected chi connectivity index (χ2v) is 3.68. The summed E-state index contributed by atoms with van der Waals surface area (Å²) in [5.74, 6) is -1.01. The van der Waals surface area contributed by atoms with Gasteiger partial charge >= 0.3 is 0 Å². The number of halogens is 1. The minimum absolute atomic E-state index is 0.0668. The molecule has 0 spiro atoms. The van der Waals surface area contributed by atoms with Crippen molar-refractivity contribution in [1.82, 2.24) is 5.32 Å². The number of benzene rings is 1. The summed E-state index contributed by atoms with van der Waals surface area (Å²) in [6.45, 7) is -0.728. The van der Waals surface area contributed by atoms with E-state index < -0.39 is 17.8 Å². The number of carbonyl (C=O) groups excluding carboxylic acids is 1. The highest BCUT2D eigenvalue weighted by molar-refractivity contribution is 7.80. The van der Waals surface area contributed by atoms with Crippen molar-refractivity contribution in [1.29, 1.82) is 0 Å². The topological polar surface area (TPSA) is 69.6 Å². The van der Waals surface area contributed by atoms with Gasteiger partial charge in [0.15, 0.2) is 0 Å². The number of carbonyl (C=O) groups is 1. The summed E-state index contributed by atoms with van der Waals surface area (Å²) in [6.07, 6.45) is 0. The van der Waals surface area contributed by atoms with Crippen LogP contribution in [0.2, 0.25) is 0 Å². The van der Waals surface area contributed by atoms with Crippen LogP contribution in [0.15, 0.2) is 23.1 Å². The molecule has 0 atom stereocenters. The van der Waals surface area contributed by atoms with Crippen molar-refractivity contribution in [2.75, 3.05) is 13.2 Å². The lowest BCUT2D eigenvalue weighted by Gasteiger charge is -2.13. The Labute approximate surface area is 97.5 Å². The molecule has 6 heteroatoms. The molecule has 1 aromatic carbocycles. The first-order valence-electron chi connectivity index (χ1n) is 4.59. The first-order valence-corrected chi connectivity index (χ1v) is 5.04. The standard InChI is InChI=1S/C10H12FNO3S/c11-8-2-1-6(3-9(8)16)10(15)12-7(4-13)5-14/h1-3,7,13-14,16H,4-5H2,(H,12,15). The van der Waals surface area contributed by atoms with Crippen LogP contribution < -0.4 is 5.32 Å². The predicted octanol–water partition coefficient (Wildman–Crippen LogP) is 0.197. The Morgan fingerprint density at radius 3 is 2.56 bits per heavy atom. The maximum Gasteiger partial charge on any atom is 0.251 e. The summed E-state index contributed by atoms with van der Waals surface area (Å²) < 4.78 is 12.9. The number of thiol groups is 1. The van der Waals surface area contributed by atoms with Gasteiger partial charge < -0.3 is 15.5 Å². The van der Waals surface area contributed by atoms with Crippen LogP contribution in [-0.2, 0) is 0 Å². The van der Waals surface area contributed by atoms with E-state index >= 15 is 0 Å². The number of nitrogens with one attached hydrogen (secondary N) is 1. The lowest BCUT2D eigenvalue weighted by atomic mass is 10.2. The molecule has 0 aliphatic carbocycles. The van der Waals surface area contributed by atoms with Gasteiger partial charge in [0.05, 0.1) is 19.3 Å². The highest BCUT2D eigenvalue weighted by atomic mass is 32.1.